The lowest BCUT2D eigenvalue weighted by Crippen LogP contribution is -2.38. The van der Waals surface area contributed by atoms with Crippen LogP contribution in [0.5, 0.6) is 5.75 Å². The van der Waals surface area contributed by atoms with Crippen molar-refractivity contribution in [1.82, 2.24) is 9.38 Å². The highest BCUT2D eigenvalue weighted by molar-refractivity contribution is 6.06. The standard InChI is InChI=1S/C18H18N4O2/c1-20(2)13-7-8-17-19-14(12-21(17)11-13)18(23)22-9-10-24-16-6-4-3-5-15(16)22/h3-8,11-12H,9-10H2,1-2H3. The number of ether oxygens (including phenoxy) is 1. The molecule has 6 nitrogen and oxygen atoms in total. The highest BCUT2D eigenvalue weighted by atomic mass is 16.5. The lowest BCUT2D eigenvalue weighted by molar-refractivity contribution is 0.0972. The summed E-state index contributed by atoms with van der Waals surface area (Å²) in [4.78, 5) is 21.2. The molecule has 0 saturated carbocycles. The number of hydrogen-bond acceptors (Lipinski definition) is 4. The van der Waals surface area contributed by atoms with Gasteiger partial charge in [0.15, 0.2) is 0 Å². The van der Waals surface area contributed by atoms with Crippen LogP contribution in [0.25, 0.3) is 5.65 Å². The second-order valence-electron chi connectivity index (χ2n) is 5.95. The van der Waals surface area contributed by atoms with E-state index in [0.717, 1.165) is 22.8 Å². The molecule has 0 saturated heterocycles. The minimum Gasteiger partial charge on any atom is -0.490 e. The first-order valence-electron chi connectivity index (χ1n) is 7.83. The van der Waals surface area contributed by atoms with Gasteiger partial charge in [-0.2, -0.15) is 0 Å². The minimum absolute atomic E-state index is 0.110. The van der Waals surface area contributed by atoms with Crippen molar-refractivity contribution < 1.29 is 9.53 Å². The number of fused-ring (bicyclic) bond motifs is 2. The minimum atomic E-state index is -0.110. The highest BCUT2D eigenvalue weighted by Gasteiger charge is 2.26. The van der Waals surface area contributed by atoms with Gasteiger partial charge in [-0.25, -0.2) is 4.98 Å². The van der Waals surface area contributed by atoms with Crippen LogP contribution in [0, 0.1) is 0 Å². The molecule has 1 aromatic carbocycles. The maximum atomic E-state index is 12.9. The monoisotopic (exact) mass is 322 g/mol. The first-order valence-corrected chi connectivity index (χ1v) is 7.83. The van der Waals surface area contributed by atoms with Gasteiger partial charge >= 0.3 is 0 Å². The normalized spacial score (nSPS) is 13.5. The third-order valence-electron chi connectivity index (χ3n) is 4.14. The van der Waals surface area contributed by atoms with Gasteiger partial charge in [0.2, 0.25) is 0 Å². The fraction of sp³-hybridized carbons (Fsp3) is 0.222. The SMILES string of the molecule is CN(C)c1ccc2nc(C(=O)N3CCOc4ccccc43)cn2c1. The molecule has 24 heavy (non-hydrogen) atoms. The van der Waals surface area contributed by atoms with Crippen molar-refractivity contribution in [3.63, 3.8) is 0 Å². The molecule has 0 atom stereocenters. The van der Waals surface area contributed by atoms with Crippen LogP contribution in [0.2, 0.25) is 0 Å². The molecule has 0 spiro atoms. The van der Waals surface area contributed by atoms with Crippen LogP contribution in [0.4, 0.5) is 11.4 Å². The molecule has 1 aliphatic rings. The molecule has 0 N–H and O–H groups in total. The number of hydrogen-bond donors (Lipinski definition) is 0. The first kappa shape index (κ1) is 14.6. The fourth-order valence-corrected chi connectivity index (χ4v) is 2.87. The van der Waals surface area contributed by atoms with E-state index in [1.165, 1.54) is 0 Å². The topological polar surface area (TPSA) is 50.1 Å². The van der Waals surface area contributed by atoms with Crippen LogP contribution < -0.4 is 14.5 Å². The van der Waals surface area contributed by atoms with Gasteiger partial charge in [0, 0.05) is 26.5 Å². The third kappa shape index (κ3) is 2.36. The number of carbonyl (C=O) groups excluding carboxylic acids is 1. The smallest absolute Gasteiger partial charge is 0.278 e. The summed E-state index contributed by atoms with van der Waals surface area (Å²) in [6.07, 6.45) is 3.75. The molecule has 0 bridgehead atoms. The average Bonchev–Trinajstić information content (AvgIpc) is 3.03. The predicted octanol–water partition coefficient (Wildman–Crippen LogP) is 2.44. The molecule has 122 valence electrons. The zero-order valence-corrected chi connectivity index (χ0v) is 13.6. The molecular weight excluding hydrogens is 304 g/mol. The zero-order chi connectivity index (χ0) is 16.7. The van der Waals surface area contributed by atoms with Crippen LogP contribution >= 0.6 is 0 Å². The lowest BCUT2D eigenvalue weighted by Gasteiger charge is -2.28. The van der Waals surface area contributed by atoms with Crippen molar-refractivity contribution in [2.45, 2.75) is 0 Å². The van der Waals surface area contributed by atoms with E-state index in [1.807, 2.05) is 66.0 Å². The van der Waals surface area contributed by atoms with E-state index >= 15 is 0 Å². The van der Waals surface area contributed by atoms with Crippen molar-refractivity contribution in [2.24, 2.45) is 0 Å². The number of pyridine rings is 1. The number of aromatic nitrogens is 2. The summed E-state index contributed by atoms with van der Waals surface area (Å²) in [6, 6.07) is 11.5. The molecule has 1 aliphatic heterocycles. The summed E-state index contributed by atoms with van der Waals surface area (Å²) in [5, 5.41) is 0. The quantitative estimate of drug-likeness (QED) is 0.727. The van der Waals surface area contributed by atoms with E-state index in [0.29, 0.717) is 18.8 Å². The summed E-state index contributed by atoms with van der Waals surface area (Å²) in [5.74, 6) is 0.622. The second kappa shape index (κ2) is 5.56. The van der Waals surface area contributed by atoms with Crippen molar-refractivity contribution in [3.05, 3.63) is 54.5 Å². The summed E-state index contributed by atoms with van der Waals surface area (Å²) >= 11 is 0. The van der Waals surface area contributed by atoms with Crippen molar-refractivity contribution in [3.8, 4) is 5.75 Å². The first-order chi connectivity index (χ1) is 11.6. The fourth-order valence-electron chi connectivity index (χ4n) is 2.87. The van der Waals surface area contributed by atoms with Gasteiger partial charge in [-0.1, -0.05) is 12.1 Å². The van der Waals surface area contributed by atoms with Crippen LogP contribution in [0.3, 0.4) is 0 Å². The molecule has 1 amide bonds. The molecule has 0 unspecified atom stereocenters. The van der Waals surface area contributed by atoms with Crippen LogP contribution in [0.15, 0.2) is 48.8 Å². The number of nitrogens with zero attached hydrogens (tertiary/aromatic N) is 4. The van der Waals surface area contributed by atoms with Gasteiger partial charge in [-0.15, -0.1) is 0 Å². The largest absolute Gasteiger partial charge is 0.490 e. The van der Waals surface area contributed by atoms with E-state index in [2.05, 4.69) is 4.98 Å². The molecule has 0 aliphatic carbocycles. The second-order valence-corrected chi connectivity index (χ2v) is 5.95. The van der Waals surface area contributed by atoms with E-state index in [-0.39, 0.29) is 5.91 Å². The molecule has 2 aromatic heterocycles. The Balaban J connectivity index is 1.71. The third-order valence-corrected chi connectivity index (χ3v) is 4.14. The number of anilines is 2. The van der Waals surface area contributed by atoms with Crippen LogP contribution in [0.1, 0.15) is 10.5 Å². The summed E-state index contributed by atoms with van der Waals surface area (Å²) in [7, 11) is 3.96. The maximum Gasteiger partial charge on any atom is 0.278 e. The van der Waals surface area contributed by atoms with Crippen molar-refractivity contribution in [1.29, 1.82) is 0 Å². The van der Waals surface area contributed by atoms with Crippen LogP contribution in [-0.2, 0) is 0 Å². The predicted molar refractivity (Wildman–Crippen MR) is 93.1 cm³/mol. The molecule has 3 heterocycles. The summed E-state index contributed by atoms with van der Waals surface area (Å²) in [6.45, 7) is 1.01. The van der Waals surface area contributed by atoms with Gasteiger partial charge in [-0.05, 0) is 24.3 Å². The maximum absolute atomic E-state index is 12.9. The Labute approximate surface area is 139 Å². The lowest BCUT2D eigenvalue weighted by atomic mass is 10.2. The Morgan fingerprint density at radius 1 is 1.17 bits per heavy atom. The van der Waals surface area contributed by atoms with Gasteiger partial charge in [0.05, 0.1) is 17.9 Å². The molecule has 0 radical (unpaired) electrons. The van der Waals surface area contributed by atoms with E-state index < -0.39 is 0 Å². The number of amides is 1. The summed E-state index contributed by atoms with van der Waals surface area (Å²) in [5.41, 5.74) is 3.03. The number of benzene rings is 1. The molecular formula is C18H18N4O2. The highest BCUT2D eigenvalue weighted by Crippen LogP contribution is 2.31. The van der Waals surface area contributed by atoms with Gasteiger partial charge in [0.1, 0.15) is 23.7 Å². The number of rotatable bonds is 2. The Morgan fingerprint density at radius 2 is 2.00 bits per heavy atom. The van der Waals surface area contributed by atoms with E-state index in [4.69, 9.17) is 4.74 Å². The Morgan fingerprint density at radius 3 is 2.83 bits per heavy atom. The molecule has 3 aromatic rings. The molecule has 0 fully saturated rings. The number of imidazole rings is 1. The van der Waals surface area contributed by atoms with E-state index in [1.54, 1.807) is 11.1 Å². The van der Waals surface area contributed by atoms with E-state index in [9.17, 15) is 4.79 Å². The van der Waals surface area contributed by atoms with Gasteiger partial charge in [0.25, 0.3) is 5.91 Å². The van der Waals surface area contributed by atoms with Gasteiger partial charge in [-0.3, -0.25) is 4.79 Å². The average molecular weight is 322 g/mol. The number of para-hydroxylation sites is 2. The summed E-state index contributed by atoms with van der Waals surface area (Å²) < 4.78 is 7.50. The Hall–Kier alpha value is -3.02. The Kier molecular flexibility index (Phi) is 3.37. The number of carbonyl (C=O) groups is 1. The zero-order valence-electron chi connectivity index (χ0n) is 13.6. The molecule has 4 rings (SSSR count). The Bertz CT molecular complexity index is 916. The van der Waals surface area contributed by atoms with Gasteiger partial charge < -0.3 is 18.9 Å². The van der Waals surface area contributed by atoms with Crippen LogP contribution in [-0.4, -0.2) is 42.5 Å². The molecule has 6 heteroatoms. The van der Waals surface area contributed by atoms with Crippen molar-refractivity contribution in [2.75, 3.05) is 37.0 Å². The van der Waals surface area contributed by atoms with Crippen molar-refractivity contribution >= 4 is 22.9 Å².